The van der Waals surface area contributed by atoms with E-state index in [4.69, 9.17) is 9.29 Å². The fourth-order valence-corrected chi connectivity index (χ4v) is 2.81. The second-order valence-corrected chi connectivity index (χ2v) is 7.08. The fraction of sp³-hybridized carbons (Fsp3) is 0.647. The molecule has 0 aliphatic heterocycles. The third-order valence-corrected chi connectivity index (χ3v) is 4.09. The maximum absolute atomic E-state index is 10.9. The molecule has 6 heteroatoms. The Morgan fingerprint density at radius 1 is 1.04 bits per heavy atom. The number of rotatable bonds is 12. The second kappa shape index (κ2) is 13.4. The molecule has 0 amide bonds. The van der Waals surface area contributed by atoms with E-state index in [2.05, 4.69) is 6.92 Å². The van der Waals surface area contributed by atoms with Crippen LogP contribution in [-0.4, -0.2) is 18.9 Å². The van der Waals surface area contributed by atoms with Crippen molar-refractivity contribution >= 4 is 10.1 Å². The predicted octanol–water partition coefficient (Wildman–Crippen LogP) is 1.85. The summed E-state index contributed by atoms with van der Waals surface area (Å²) in [5.74, 6) is -0.650. The first-order valence-corrected chi connectivity index (χ1v) is 9.75. The largest absolute Gasteiger partial charge is 1.00 e. The van der Waals surface area contributed by atoms with Crippen molar-refractivity contribution in [3.05, 3.63) is 35.9 Å². The van der Waals surface area contributed by atoms with Crippen LogP contribution in [0.1, 0.15) is 71.4 Å². The van der Waals surface area contributed by atoms with Crippen molar-refractivity contribution in [3.63, 3.8) is 0 Å². The van der Waals surface area contributed by atoms with Crippen LogP contribution in [0, 0.1) is 0 Å². The Kier molecular flexibility index (Phi) is 13.4. The predicted molar refractivity (Wildman–Crippen MR) is 90.4 cm³/mol. The minimum Gasteiger partial charge on any atom is -1.00 e. The van der Waals surface area contributed by atoms with Gasteiger partial charge in [-0.25, -0.2) is 0 Å². The molecule has 1 aromatic carbocycles. The van der Waals surface area contributed by atoms with Crippen molar-refractivity contribution in [2.24, 2.45) is 0 Å². The van der Waals surface area contributed by atoms with Gasteiger partial charge in [-0.05, 0) is 12.0 Å². The maximum atomic E-state index is 10.9. The van der Waals surface area contributed by atoms with E-state index in [-0.39, 0.29) is 37.1 Å². The Morgan fingerprint density at radius 3 is 2.17 bits per heavy atom. The van der Waals surface area contributed by atoms with Crippen molar-refractivity contribution in [2.75, 3.05) is 5.94 Å². The van der Waals surface area contributed by atoms with E-state index in [1.807, 2.05) is 30.3 Å². The molecule has 1 unspecified atom stereocenters. The molecule has 1 N–H and O–H groups in total. The quantitative estimate of drug-likeness (QED) is 0.354. The van der Waals surface area contributed by atoms with Gasteiger partial charge in [0.2, 0.25) is 0 Å². The van der Waals surface area contributed by atoms with E-state index in [0.29, 0.717) is 0 Å². The molecular weight excluding hydrogens is 323 g/mol. The van der Waals surface area contributed by atoms with Gasteiger partial charge in [0, 0.05) is 0 Å². The van der Waals surface area contributed by atoms with Gasteiger partial charge < -0.3 is 6.16 Å². The number of benzene rings is 1. The molecule has 0 spiro atoms. The molecule has 1 atom stereocenters. The molecule has 4 nitrogen and oxygen atoms in total. The van der Waals surface area contributed by atoms with E-state index < -0.39 is 16.1 Å². The zero-order valence-corrected chi connectivity index (χ0v) is 17.2. The molecule has 128 valence electrons. The zero-order chi connectivity index (χ0) is 16.3. The normalized spacial score (nSPS) is 12.6. The van der Waals surface area contributed by atoms with Gasteiger partial charge in [-0.2, -0.15) is 8.42 Å². The summed E-state index contributed by atoms with van der Waals surface area (Å²) in [6.07, 6.45) is 8.92. The van der Waals surface area contributed by atoms with Crippen LogP contribution in [0.15, 0.2) is 30.3 Å². The topological polar surface area (TPSA) is 63.6 Å². The number of hydrogen-bond acceptors (Lipinski definition) is 3. The van der Waals surface area contributed by atoms with Crippen LogP contribution in [0.5, 0.6) is 0 Å². The van der Waals surface area contributed by atoms with Crippen LogP contribution >= 0.6 is 0 Å². The van der Waals surface area contributed by atoms with Crippen LogP contribution in [0.3, 0.4) is 0 Å². The summed E-state index contributed by atoms with van der Waals surface area (Å²) in [6.45, 7) is 2.21. The summed E-state index contributed by atoms with van der Waals surface area (Å²) in [7, 11) is -4.09. The molecule has 0 aromatic heterocycles. The summed E-state index contributed by atoms with van der Waals surface area (Å²) >= 11 is 0. The van der Waals surface area contributed by atoms with E-state index in [1.54, 1.807) is 0 Å². The van der Waals surface area contributed by atoms with E-state index >= 15 is 0 Å². The minimum absolute atomic E-state index is 0. The van der Waals surface area contributed by atoms with Crippen molar-refractivity contribution in [2.45, 2.75) is 64.4 Å². The molecule has 0 heterocycles. The van der Waals surface area contributed by atoms with Crippen molar-refractivity contribution in [3.8, 4) is 0 Å². The molecule has 1 rings (SSSR count). The average Bonchev–Trinajstić information content (AvgIpc) is 2.49. The van der Waals surface area contributed by atoms with E-state index in [9.17, 15) is 8.42 Å². The van der Waals surface area contributed by atoms with Crippen molar-refractivity contribution in [1.29, 1.82) is 0 Å². The Balaban J connectivity index is 0. The molecular formula is C17H29NaO4S. The van der Waals surface area contributed by atoms with Gasteiger partial charge >= 0.3 is 29.6 Å². The summed E-state index contributed by atoms with van der Waals surface area (Å²) in [4.78, 5) is 0. The number of unbranched alkanes of at least 4 members (excludes halogenated alkanes) is 6. The summed E-state index contributed by atoms with van der Waals surface area (Å²) in [5.41, 5.74) is 0.956. The van der Waals surface area contributed by atoms with Gasteiger partial charge in [-0.15, -0.1) is 0 Å². The molecule has 0 radical (unpaired) electrons. The zero-order valence-electron chi connectivity index (χ0n) is 15.4. The summed E-state index contributed by atoms with van der Waals surface area (Å²) < 4.78 is 36.0. The number of hydrogen-bond donors (Lipinski definition) is 1. The summed E-state index contributed by atoms with van der Waals surface area (Å²) in [6, 6.07) is 9.58. The van der Waals surface area contributed by atoms with Crippen LogP contribution < -0.4 is 29.6 Å². The molecule has 0 saturated carbocycles. The molecule has 0 aliphatic rings. The van der Waals surface area contributed by atoms with Gasteiger partial charge in [-0.1, -0.05) is 82.2 Å². The SMILES string of the molecule is CCCCCCCCCC(OCS(=O)(=O)O)c1ccccc1.[H-].[Na+]. The molecule has 1 aromatic rings. The van der Waals surface area contributed by atoms with Gasteiger partial charge in [0.1, 0.15) is 0 Å². The Hall–Kier alpha value is 0.0900. The Bertz CT molecular complexity index is 497. The molecule has 23 heavy (non-hydrogen) atoms. The van der Waals surface area contributed by atoms with Crippen LogP contribution in [0.2, 0.25) is 0 Å². The Labute approximate surface area is 164 Å². The van der Waals surface area contributed by atoms with Gasteiger partial charge in [0.25, 0.3) is 10.1 Å². The maximum Gasteiger partial charge on any atom is 1.00 e. The van der Waals surface area contributed by atoms with Crippen molar-refractivity contribution in [1.82, 2.24) is 0 Å². The fourth-order valence-electron chi connectivity index (χ4n) is 2.47. The van der Waals surface area contributed by atoms with Crippen LogP contribution in [0.4, 0.5) is 0 Å². The van der Waals surface area contributed by atoms with Crippen LogP contribution in [-0.2, 0) is 14.9 Å². The molecule has 0 aliphatic carbocycles. The standard InChI is InChI=1S/C17H28O4S.Na.H/c1-2-3-4-5-6-7-11-14-17(21-15-22(18,19)20)16-12-9-8-10-13-16;;/h8-10,12-13,17H,2-7,11,14-15H2,1H3,(H,18,19,20);;/q;+1;-1. The first-order chi connectivity index (χ1) is 10.5. The third-order valence-electron chi connectivity index (χ3n) is 3.66. The minimum atomic E-state index is -4.09. The smallest absolute Gasteiger partial charge is 1.00 e. The second-order valence-electron chi connectivity index (χ2n) is 5.68. The van der Waals surface area contributed by atoms with Gasteiger partial charge in [-0.3, -0.25) is 4.55 Å². The van der Waals surface area contributed by atoms with Gasteiger partial charge in [0.05, 0.1) is 6.10 Å². The van der Waals surface area contributed by atoms with E-state index in [0.717, 1.165) is 24.8 Å². The average molecular weight is 352 g/mol. The van der Waals surface area contributed by atoms with Crippen LogP contribution in [0.25, 0.3) is 0 Å². The molecule has 0 saturated heterocycles. The summed E-state index contributed by atoms with van der Waals surface area (Å²) in [5, 5.41) is 0. The van der Waals surface area contributed by atoms with Crippen molar-refractivity contribution < 1.29 is 48.7 Å². The Morgan fingerprint density at radius 2 is 1.61 bits per heavy atom. The third kappa shape index (κ3) is 12.1. The monoisotopic (exact) mass is 352 g/mol. The molecule has 0 fully saturated rings. The first-order valence-electron chi connectivity index (χ1n) is 8.14. The first kappa shape index (κ1) is 23.1. The number of ether oxygens (including phenoxy) is 1. The molecule has 0 bridgehead atoms. The van der Waals surface area contributed by atoms with Gasteiger partial charge in [0.15, 0.2) is 5.94 Å². The van der Waals surface area contributed by atoms with E-state index in [1.165, 1.54) is 32.1 Å².